The third-order valence-electron chi connectivity index (χ3n) is 2.50. The summed E-state index contributed by atoms with van der Waals surface area (Å²) in [5.74, 6) is 1.53. The SMILES string of the molecule is CN1CCc2c(OCC(C)(C)O)ncnc21. The number of aliphatic hydroxyl groups is 1. The standard InChI is InChI=1S/C11H17N3O2/c1-11(2,15)6-16-10-8-4-5-14(3)9(8)12-7-13-10/h7,15H,4-6H2,1-3H3. The van der Waals surface area contributed by atoms with Gasteiger partial charge in [0, 0.05) is 13.6 Å². The fourth-order valence-electron chi connectivity index (χ4n) is 1.69. The number of hydrogen-bond donors (Lipinski definition) is 1. The molecule has 0 saturated heterocycles. The Balaban J connectivity index is 2.17. The van der Waals surface area contributed by atoms with Crippen molar-refractivity contribution in [3.63, 3.8) is 0 Å². The molecule has 0 spiro atoms. The van der Waals surface area contributed by atoms with Gasteiger partial charge in [-0.25, -0.2) is 9.97 Å². The summed E-state index contributed by atoms with van der Waals surface area (Å²) in [7, 11) is 2.00. The Labute approximate surface area is 95.1 Å². The first kappa shape index (κ1) is 11.1. The molecule has 1 N–H and O–H groups in total. The van der Waals surface area contributed by atoms with E-state index in [0.717, 1.165) is 24.3 Å². The first-order valence-electron chi connectivity index (χ1n) is 5.37. The Kier molecular flexibility index (Phi) is 2.71. The van der Waals surface area contributed by atoms with E-state index in [2.05, 4.69) is 14.9 Å². The van der Waals surface area contributed by atoms with Crippen molar-refractivity contribution < 1.29 is 9.84 Å². The molecule has 1 aliphatic rings. The number of anilines is 1. The molecular formula is C11H17N3O2. The summed E-state index contributed by atoms with van der Waals surface area (Å²) >= 11 is 0. The molecule has 5 nitrogen and oxygen atoms in total. The largest absolute Gasteiger partial charge is 0.474 e. The van der Waals surface area contributed by atoms with Crippen LogP contribution in [-0.2, 0) is 6.42 Å². The van der Waals surface area contributed by atoms with Gasteiger partial charge < -0.3 is 14.7 Å². The lowest BCUT2D eigenvalue weighted by Crippen LogP contribution is -2.28. The first-order valence-corrected chi connectivity index (χ1v) is 5.37. The zero-order valence-electron chi connectivity index (χ0n) is 9.90. The van der Waals surface area contributed by atoms with Crippen molar-refractivity contribution in [3.05, 3.63) is 11.9 Å². The van der Waals surface area contributed by atoms with E-state index in [4.69, 9.17) is 4.74 Å². The van der Waals surface area contributed by atoms with E-state index < -0.39 is 5.60 Å². The van der Waals surface area contributed by atoms with Gasteiger partial charge in [0.25, 0.3) is 0 Å². The van der Waals surface area contributed by atoms with Gasteiger partial charge in [0.15, 0.2) is 0 Å². The molecule has 0 saturated carbocycles. The maximum absolute atomic E-state index is 9.60. The molecule has 0 radical (unpaired) electrons. The summed E-state index contributed by atoms with van der Waals surface area (Å²) in [6, 6.07) is 0. The summed E-state index contributed by atoms with van der Waals surface area (Å²) < 4.78 is 5.53. The molecular weight excluding hydrogens is 206 g/mol. The lowest BCUT2D eigenvalue weighted by atomic mass is 10.2. The fourth-order valence-corrected chi connectivity index (χ4v) is 1.69. The van der Waals surface area contributed by atoms with E-state index in [1.807, 2.05) is 7.05 Å². The predicted octanol–water partition coefficient (Wildman–Crippen LogP) is 0.619. The van der Waals surface area contributed by atoms with Gasteiger partial charge in [0.05, 0.1) is 11.2 Å². The van der Waals surface area contributed by atoms with Crippen molar-refractivity contribution in [3.8, 4) is 5.88 Å². The smallest absolute Gasteiger partial charge is 0.221 e. The van der Waals surface area contributed by atoms with Crippen LogP contribution in [0, 0.1) is 0 Å². The molecule has 0 unspecified atom stereocenters. The van der Waals surface area contributed by atoms with E-state index in [1.54, 1.807) is 13.8 Å². The zero-order chi connectivity index (χ0) is 11.8. The van der Waals surface area contributed by atoms with E-state index >= 15 is 0 Å². The lowest BCUT2D eigenvalue weighted by molar-refractivity contribution is 0.0265. The van der Waals surface area contributed by atoms with Gasteiger partial charge in [-0.1, -0.05) is 0 Å². The van der Waals surface area contributed by atoms with Crippen molar-refractivity contribution >= 4 is 5.82 Å². The van der Waals surface area contributed by atoms with Crippen LogP contribution in [0.15, 0.2) is 6.33 Å². The summed E-state index contributed by atoms with van der Waals surface area (Å²) in [5.41, 5.74) is 0.191. The van der Waals surface area contributed by atoms with Gasteiger partial charge in [-0.05, 0) is 20.3 Å². The molecule has 2 rings (SSSR count). The van der Waals surface area contributed by atoms with Crippen LogP contribution in [0.5, 0.6) is 5.88 Å². The van der Waals surface area contributed by atoms with Gasteiger partial charge in [0.1, 0.15) is 18.8 Å². The molecule has 0 aliphatic carbocycles. The molecule has 5 heteroatoms. The topological polar surface area (TPSA) is 58.5 Å². The van der Waals surface area contributed by atoms with Crippen LogP contribution in [0.3, 0.4) is 0 Å². The van der Waals surface area contributed by atoms with Crippen LogP contribution < -0.4 is 9.64 Å². The molecule has 1 aliphatic heterocycles. The third-order valence-corrected chi connectivity index (χ3v) is 2.50. The summed E-state index contributed by atoms with van der Waals surface area (Å²) in [6.45, 7) is 4.59. The fraction of sp³-hybridized carbons (Fsp3) is 0.636. The van der Waals surface area contributed by atoms with Crippen LogP contribution in [0.2, 0.25) is 0 Å². The van der Waals surface area contributed by atoms with Gasteiger partial charge in [-0.15, -0.1) is 0 Å². The Morgan fingerprint density at radius 2 is 2.25 bits per heavy atom. The number of likely N-dealkylation sites (N-methyl/N-ethyl adjacent to an activating group) is 1. The van der Waals surface area contributed by atoms with Crippen molar-refractivity contribution in [2.75, 3.05) is 25.1 Å². The maximum atomic E-state index is 9.60. The molecule has 1 aromatic rings. The number of hydrogen-bond acceptors (Lipinski definition) is 5. The van der Waals surface area contributed by atoms with Crippen LogP contribution in [-0.4, -0.2) is 40.9 Å². The minimum atomic E-state index is -0.845. The van der Waals surface area contributed by atoms with Crippen LogP contribution in [0.1, 0.15) is 19.4 Å². The van der Waals surface area contributed by atoms with Crippen LogP contribution in [0.4, 0.5) is 5.82 Å². The summed E-state index contributed by atoms with van der Waals surface area (Å²) in [4.78, 5) is 10.4. The molecule has 0 bridgehead atoms. The average molecular weight is 223 g/mol. The van der Waals surface area contributed by atoms with E-state index in [1.165, 1.54) is 6.33 Å². The molecule has 1 aromatic heterocycles. The Morgan fingerprint density at radius 1 is 1.50 bits per heavy atom. The quantitative estimate of drug-likeness (QED) is 0.814. The highest BCUT2D eigenvalue weighted by Gasteiger charge is 2.23. The van der Waals surface area contributed by atoms with Gasteiger partial charge >= 0.3 is 0 Å². The zero-order valence-corrected chi connectivity index (χ0v) is 9.90. The van der Waals surface area contributed by atoms with Gasteiger partial charge in [-0.2, -0.15) is 0 Å². The maximum Gasteiger partial charge on any atom is 0.221 e. The summed E-state index contributed by atoms with van der Waals surface area (Å²) in [5, 5.41) is 9.60. The highest BCUT2D eigenvalue weighted by molar-refractivity contribution is 5.54. The van der Waals surface area contributed by atoms with Crippen molar-refractivity contribution in [1.29, 1.82) is 0 Å². The van der Waals surface area contributed by atoms with E-state index in [0.29, 0.717) is 5.88 Å². The molecule has 0 fully saturated rings. The van der Waals surface area contributed by atoms with Crippen molar-refractivity contribution in [2.45, 2.75) is 25.9 Å². The molecule has 0 atom stereocenters. The predicted molar refractivity (Wildman–Crippen MR) is 60.8 cm³/mol. The highest BCUT2D eigenvalue weighted by Crippen LogP contribution is 2.30. The second-order valence-corrected chi connectivity index (χ2v) is 4.75. The highest BCUT2D eigenvalue weighted by atomic mass is 16.5. The van der Waals surface area contributed by atoms with Crippen LogP contribution in [0.25, 0.3) is 0 Å². The number of aromatic nitrogens is 2. The van der Waals surface area contributed by atoms with Crippen molar-refractivity contribution in [2.24, 2.45) is 0 Å². The van der Waals surface area contributed by atoms with Crippen LogP contribution >= 0.6 is 0 Å². The van der Waals surface area contributed by atoms with E-state index in [9.17, 15) is 5.11 Å². The molecule has 2 heterocycles. The minimum Gasteiger partial charge on any atom is -0.474 e. The Morgan fingerprint density at radius 3 is 2.94 bits per heavy atom. The normalized spacial score (nSPS) is 15.1. The van der Waals surface area contributed by atoms with Crippen molar-refractivity contribution in [1.82, 2.24) is 9.97 Å². The molecule has 16 heavy (non-hydrogen) atoms. The molecule has 88 valence electrons. The van der Waals surface area contributed by atoms with Gasteiger partial charge in [-0.3, -0.25) is 0 Å². The number of ether oxygens (including phenoxy) is 1. The second-order valence-electron chi connectivity index (χ2n) is 4.75. The molecule has 0 aromatic carbocycles. The Bertz CT molecular complexity index is 387. The minimum absolute atomic E-state index is 0.236. The van der Waals surface area contributed by atoms with Gasteiger partial charge in [0.2, 0.25) is 5.88 Å². The average Bonchev–Trinajstić information content (AvgIpc) is 2.57. The Hall–Kier alpha value is -1.36. The second kappa shape index (κ2) is 3.90. The summed E-state index contributed by atoms with van der Waals surface area (Å²) in [6.07, 6.45) is 2.40. The lowest BCUT2D eigenvalue weighted by Gasteiger charge is -2.18. The first-order chi connectivity index (χ1) is 7.47. The number of rotatable bonds is 3. The van der Waals surface area contributed by atoms with E-state index in [-0.39, 0.29) is 6.61 Å². The molecule has 0 amide bonds. The number of nitrogens with zero attached hydrogens (tertiary/aromatic N) is 3. The monoisotopic (exact) mass is 223 g/mol. The third kappa shape index (κ3) is 2.24. The number of fused-ring (bicyclic) bond motifs is 1.